The van der Waals surface area contributed by atoms with Gasteiger partial charge in [0.25, 0.3) is 5.91 Å². The van der Waals surface area contributed by atoms with Gasteiger partial charge in [0.2, 0.25) is 6.79 Å². The van der Waals surface area contributed by atoms with Crippen molar-refractivity contribution in [3.05, 3.63) is 56.2 Å². The first-order chi connectivity index (χ1) is 12.1. The molecular weight excluding hydrogens is 356 g/mol. The molecule has 3 aromatic rings. The molecule has 1 aliphatic rings. The second-order valence-corrected chi connectivity index (χ2v) is 8.13. The van der Waals surface area contributed by atoms with Gasteiger partial charge in [-0.2, -0.15) is 0 Å². The van der Waals surface area contributed by atoms with E-state index in [-0.39, 0.29) is 12.7 Å². The predicted octanol–water partition coefficient (Wildman–Crippen LogP) is 4.39. The van der Waals surface area contributed by atoms with E-state index in [1.54, 1.807) is 0 Å². The van der Waals surface area contributed by atoms with Gasteiger partial charge in [0, 0.05) is 16.2 Å². The summed E-state index contributed by atoms with van der Waals surface area (Å²) in [4.78, 5) is 19.7. The van der Waals surface area contributed by atoms with Crippen LogP contribution in [0.2, 0.25) is 0 Å². The number of rotatable bonds is 4. The Morgan fingerprint density at radius 1 is 1.16 bits per heavy atom. The first-order valence-corrected chi connectivity index (χ1v) is 9.44. The van der Waals surface area contributed by atoms with Gasteiger partial charge in [-0.3, -0.25) is 10.1 Å². The summed E-state index contributed by atoms with van der Waals surface area (Å²) < 4.78 is 10.8. The fourth-order valence-electron chi connectivity index (χ4n) is 2.60. The fourth-order valence-corrected chi connectivity index (χ4v) is 4.35. The van der Waals surface area contributed by atoms with Gasteiger partial charge in [-0.15, -0.1) is 22.7 Å². The van der Waals surface area contributed by atoms with Crippen LogP contribution < -0.4 is 14.8 Å². The van der Waals surface area contributed by atoms with Crippen LogP contribution in [-0.2, 0) is 6.42 Å². The van der Waals surface area contributed by atoms with E-state index in [9.17, 15) is 4.79 Å². The van der Waals surface area contributed by atoms with Crippen LogP contribution in [-0.4, -0.2) is 17.7 Å². The first kappa shape index (κ1) is 16.1. The number of benzene rings is 1. The summed E-state index contributed by atoms with van der Waals surface area (Å²) >= 11 is 2.99. The Hall–Kier alpha value is -2.38. The topological polar surface area (TPSA) is 60.5 Å². The number of aryl methyl sites for hydroxylation is 2. The molecule has 0 aliphatic carbocycles. The van der Waals surface area contributed by atoms with Gasteiger partial charge in [-0.05, 0) is 43.7 Å². The van der Waals surface area contributed by atoms with Crippen molar-refractivity contribution in [2.45, 2.75) is 20.3 Å². The van der Waals surface area contributed by atoms with Gasteiger partial charge < -0.3 is 9.47 Å². The molecule has 5 nitrogen and oxygen atoms in total. The van der Waals surface area contributed by atoms with Crippen LogP contribution in [0.4, 0.5) is 5.13 Å². The highest BCUT2D eigenvalue weighted by Gasteiger charge is 2.16. The molecule has 0 unspecified atom stereocenters. The second-order valence-electron chi connectivity index (χ2n) is 5.76. The monoisotopic (exact) mass is 372 g/mol. The highest BCUT2D eigenvalue weighted by Crippen LogP contribution is 2.34. The van der Waals surface area contributed by atoms with Gasteiger partial charge in [0.1, 0.15) is 0 Å². The molecule has 0 fully saturated rings. The van der Waals surface area contributed by atoms with E-state index in [0.717, 1.165) is 38.9 Å². The number of anilines is 1. The Morgan fingerprint density at radius 2 is 2.00 bits per heavy atom. The Balaban J connectivity index is 1.49. The summed E-state index contributed by atoms with van der Waals surface area (Å²) in [5.41, 5.74) is 2.06. The number of hydrogen-bond acceptors (Lipinski definition) is 6. The maximum atomic E-state index is 12.3. The van der Waals surface area contributed by atoms with Gasteiger partial charge >= 0.3 is 0 Å². The molecule has 1 N–H and O–H groups in total. The normalized spacial score (nSPS) is 12.4. The summed E-state index contributed by atoms with van der Waals surface area (Å²) in [5, 5.41) is 3.52. The highest BCUT2D eigenvalue weighted by atomic mass is 32.1. The van der Waals surface area contributed by atoms with E-state index in [4.69, 9.17) is 9.47 Å². The average molecular weight is 372 g/mol. The zero-order chi connectivity index (χ0) is 17.4. The number of thiophene rings is 1. The minimum Gasteiger partial charge on any atom is -0.454 e. The molecule has 0 spiro atoms. The standard InChI is InChI=1S/C18H16N2O3S2/c1-10-3-6-15(24-10)17(21)20-18-19-11(2)16(25-18)8-12-4-5-13-14(7-12)23-9-22-13/h3-7H,8-9H2,1-2H3,(H,19,20,21). The van der Waals surface area contributed by atoms with Gasteiger partial charge in [-0.25, -0.2) is 4.98 Å². The lowest BCUT2D eigenvalue weighted by atomic mass is 10.1. The lowest BCUT2D eigenvalue weighted by Gasteiger charge is -2.02. The summed E-state index contributed by atoms with van der Waals surface area (Å²) in [6, 6.07) is 9.73. The third kappa shape index (κ3) is 3.38. The quantitative estimate of drug-likeness (QED) is 0.738. The Morgan fingerprint density at radius 3 is 2.80 bits per heavy atom. The van der Waals surface area contributed by atoms with Crippen molar-refractivity contribution in [3.8, 4) is 11.5 Å². The summed E-state index contributed by atoms with van der Waals surface area (Å²) in [6.45, 7) is 4.22. The van der Waals surface area contributed by atoms with E-state index in [1.807, 2.05) is 44.2 Å². The third-order valence-corrected chi connectivity index (χ3v) is 5.95. The molecule has 0 bridgehead atoms. The molecule has 3 heterocycles. The van der Waals surface area contributed by atoms with Crippen LogP contribution in [0.25, 0.3) is 0 Å². The minimum atomic E-state index is -0.110. The molecule has 0 saturated carbocycles. The smallest absolute Gasteiger partial charge is 0.267 e. The molecule has 2 aromatic heterocycles. The lowest BCUT2D eigenvalue weighted by Crippen LogP contribution is -2.09. The number of thiazole rings is 1. The number of ether oxygens (including phenoxy) is 2. The second kappa shape index (κ2) is 6.50. The van der Waals surface area contributed by atoms with Gasteiger partial charge in [-0.1, -0.05) is 6.07 Å². The zero-order valence-electron chi connectivity index (χ0n) is 13.8. The fraction of sp³-hybridized carbons (Fsp3) is 0.222. The van der Waals surface area contributed by atoms with Crippen LogP contribution in [0.3, 0.4) is 0 Å². The summed E-state index contributed by atoms with van der Waals surface area (Å²) in [7, 11) is 0. The zero-order valence-corrected chi connectivity index (χ0v) is 15.4. The molecule has 128 valence electrons. The van der Waals surface area contributed by atoms with Crippen molar-refractivity contribution in [2.24, 2.45) is 0 Å². The number of nitrogens with one attached hydrogen (secondary N) is 1. The van der Waals surface area contributed by atoms with E-state index in [1.165, 1.54) is 22.7 Å². The Bertz CT molecular complexity index is 946. The Labute approximate surface area is 153 Å². The van der Waals surface area contributed by atoms with E-state index in [2.05, 4.69) is 10.3 Å². The SMILES string of the molecule is Cc1ccc(C(=O)Nc2nc(C)c(Cc3ccc4c(c3)OCO4)s2)s1. The molecule has 4 rings (SSSR count). The van der Waals surface area contributed by atoms with Gasteiger partial charge in [0.05, 0.1) is 10.6 Å². The van der Waals surface area contributed by atoms with Crippen molar-refractivity contribution in [3.63, 3.8) is 0 Å². The van der Waals surface area contributed by atoms with Crippen LogP contribution in [0, 0.1) is 13.8 Å². The number of hydrogen-bond donors (Lipinski definition) is 1. The van der Waals surface area contributed by atoms with E-state index < -0.39 is 0 Å². The lowest BCUT2D eigenvalue weighted by molar-refractivity contribution is 0.103. The van der Waals surface area contributed by atoms with Crippen molar-refractivity contribution >= 4 is 33.7 Å². The minimum absolute atomic E-state index is 0.110. The van der Waals surface area contributed by atoms with Gasteiger partial charge in [0.15, 0.2) is 16.6 Å². The number of nitrogens with zero attached hydrogens (tertiary/aromatic N) is 1. The summed E-state index contributed by atoms with van der Waals surface area (Å²) in [6.07, 6.45) is 0.744. The van der Waals surface area contributed by atoms with Crippen LogP contribution >= 0.6 is 22.7 Å². The number of carbonyl (C=O) groups excluding carboxylic acids is 1. The molecule has 0 radical (unpaired) electrons. The largest absolute Gasteiger partial charge is 0.454 e. The Kier molecular flexibility index (Phi) is 4.19. The molecule has 1 aromatic carbocycles. The van der Waals surface area contributed by atoms with E-state index >= 15 is 0 Å². The van der Waals surface area contributed by atoms with Crippen molar-refractivity contribution in [1.29, 1.82) is 0 Å². The van der Waals surface area contributed by atoms with E-state index in [0.29, 0.717) is 10.0 Å². The third-order valence-electron chi connectivity index (χ3n) is 3.88. The maximum Gasteiger partial charge on any atom is 0.267 e. The number of fused-ring (bicyclic) bond motifs is 1. The predicted molar refractivity (Wildman–Crippen MR) is 99.2 cm³/mol. The molecular formula is C18H16N2O3S2. The molecule has 25 heavy (non-hydrogen) atoms. The molecule has 7 heteroatoms. The van der Waals surface area contributed by atoms with Crippen molar-refractivity contribution < 1.29 is 14.3 Å². The first-order valence-electron chi connectivity index (χ1n) is 7.81. The molecule has 0 saturated heterocycles. The maximum absolute atomic E-state index is 12.3. The number of carbonyl (C=O) groups is 1. The summed E-state index contributed by atoms with van der Waals surface area (Å²) in [5.74, 6) is 1.45. The average Bonchev–Trinajstić information content (AvgIpc) is 3.28. The van der Waals surface area contributed by atoms with Crippen LogP contribution in [0.1, 0.15) is 30.7 Å². The highest BCUT2D eigenvalue weighted by molar-refractivity contribution is 7.16. The molecule has 1 aliphatic heterocycles. The number of aromatic nitrogens is 1. The van der Waals surface area contributed by atoms with Crippen LogP contribution in [0.5, 0.6) is 11.5 Å². The van der Waals surface area contributed by atoms with Crippen LogP contribution in [0.15, 0.2) is 30.3 Å². The molecule has 1 amide bonds. The number of amides is 1. The van der Waals surface area contributed by atoms with Crippen molar-refractivity contribution in [2.75, 3.05) is 12.1 Å². The molecule has 0 atom stereocenters. The van der Waals surface area contributed by atoms with Crippen molar-refractivity contribution in [1.82, 2.24) is 4.98 Å².